The summed E-state index contributed by atoms with van der Waals surface area (Å²) >= 11 is 0. The van der Waals surface area contributed by atoms with Crippen LogP contribution in [0.2, 0.25) is 0 Å². The maximum Gasteiger partial charge on any atom is 0.138 e. The Balaban J connectivity index is 1.74. The number of hydrogen-bond donors (Lipinski definition) is 1. The van der Waals surface area contributed by atoms with Gasteiger partial charge in [0.05, 0.1) is 12.3 Å². The highest BCUT2D eigenvalue weighted by molar-refractivity contribution is 5.21. The second-order valence-electron chi connectivity index (χ2n) is 6.44. The summed E-state index contributed by atoms with van der Waals surface area (Å²) in [6.07, 6.45) is 5.06. The van der Waals surface area contributed by atoms with Gasteiger partial charge in [-0.25, -0.2) is 0 Å². The van der Waals surface area contributed by atoms with Crippen LogP contribution in [0.15, 0.2) is 4.52 Å². The third-order valence-electron chi connectivity index (χ3n) is 5.24. The number of likely N-dealkylation sites (tertiary alicyclic amines) is 1. The van der Waals surface area contributed by atoms with Crippen molar-refractivity contribution in [2.24, 2.45) is 11.3 Å². The van der Waals surface area contributed by atoms with E-state index in [1.165, 1.54) is 31.2 Å². The van der Waals surface area contributed by atoms with Crippen LogP contribution >= 0.6 is 0 Å². The molecular formula is C15H24N2O2. The third kappa shape index (κ3) is 2.21. The Morgan fingerprint density at radius 2 is 2.26 bits per heavy atom. The highest BCUT2D eigenvalue weighted by Gasteiger charge is 2.47. The van der Waals surface area contributed by atoms with Gasteiger partial charge >= 0.3 is 0 Å². The van der Waals surface area contributed by atoms with E-state index < -0.39 is 0 Å². The van der Waals surface area contributed by atoms with Crippen LogP contribution in [0.5, 0.6) is 0 Å². The van der Waals surface area contributed by atoms with Crippen molar-refractivity contribution >= 4 is 0 Å². The molecule has 3 rings (SSSR count). The minimum atomic E-state index is 0.164. The predicted octanol–water partition coefficient (Wildman–Crippen LogP) is 2.28. The lowest BCUT2D eigenvalue weighted by molar-refractivity contribution is 0.0580. The second kappa shape index (κ2) is 4.91. The van der Waals surface area contributed by atoms with Gasteiger partial charge in [0, 0.05) is 30.6 Å². The molecule has 1 aliphatic heterocycles. The molecule has 0 aromatic carbocycles. The number of fused-ring (bicyclic) bond motifs is 1. The van der Waals surface area contributed by atoms with Gasteiger partial charge in [-0.05, 0) is 32.6 Å². The summed E-state index contributed by atoms with van der Waals surface area (Å²) < 4.78 is 5.25. The first-order valence-corrected chi connectivity index (χ1v) is 7.39. The van der Waals surface area contributed by atoms with E-state index in [-0.39, 0.29) is 5.41 Å². The first-order valence-electron chi connectivity index (χ1n) is 7.39. The van der Waals surface area contributed by atoms with Crippen LogP contribution in [-0.4, -0.2) is 34.9 Å². The van der Waals surface area contributed by atoms with Gasteiger partial charge in [-0.1, -0.05) is 18.0 Å². The molecule has 2 heterocycles. The van der Waals surface area contributed by atoms with E-state index in [4.69, 9.17) is 4.52 Å². The Labute approximate surface area is 114 Å². The van der Waals surface area contributed by atoms with Crippen LogP contribution in [0.25, 0.3) is 0 Å². The van der Waals surface area contributed by atoms with Crippen LogP contribution in [0, 0.1) is 25.2 Å². The summed E-state index contributed by atoms with van der Waals surface area (Å²) in [7, 11) is 0. The van der Waals surface area contributed by atoms with Crippen LogP contribution in [0.4, 0.5) is 0 Å². The quantitative estimate of drug-likeness (QED) is 0.910. The Kier molecular flexibility index (Phi) is 3.39. The summed E-state index contributed by atoms with van der Waals surface area (Å²) in [6.45, 7) is 7.40. The highest BCUT2D eigenvalue weighted by atomic mass is 16.5. The number of aryl methyl sites for hydroxylation is 2. The molecule has 0 radical (unpaired) electrons. The summed E-state index contributed by atoms with van der Waals surface area (Å²) in [5, 5.41) is 13.9. The molecule has 1 aliphatic carbocycles. The largest absolute Gasteiger partial charge is 0.396 e. The van der Waals surface area contributed by atoms with Gasteiger partial charge in [0.1, 0.15) is 5.76 Å². The van der Waals surface area contributed by atoms with Crippen molar-refractivity contribution in [2.75, 3.05) is 19.7 Å². The van der Waals surface area contributed by atoms with E-state index in [0.29, 0.717) is 12.5 Å². The molecule has 4 nitrogen and oxygen atoms in total. The molecule has 0 amide bonds. The SMILES string of the molecule is Cc1noc(C)c1CN1CC2CCCCC2(CO)C1. The number of hydrogen-bond acceptors (Lipinski definition) is 4. The maximum atomic E-state index is 9.85. The van der Waals surface area contributed by atoms with E-state index >= 15 is 0 Å². The average molecular weight is 264 g/mol. The van der Waals surface area contributed by atoms with Gasteiger partial charge in [-0.2, -0.15) is 0 Å². The first-order chi connectivity index (χ1) is 9.14. The number of rotatable bonds is 3. The number of aromatic nitrogens is 1. The molecule has 19 heavy (non-hydrogen) atoms. The molecule has 4 heteroatoms. The molecule has 1 aromatic heterocycles. The zero-order chi connectivity index (χ0) is 13.5. The normalized spacial score (nSPS) is 31.6. The molecule has 1 aromatic rings. The topological polar surface area (TPSA) is 49.5 Å². The fourth-order valence-electron chi connectivity index (χ4n) is 4.02. The Hall–Kier alpha value is -0.870. The molecule has 0 bridgehead atoms. The lowest BCUT2D eigenvalue weighted by Crippen LogP contribution is -2.36. The van der Waals surface area contributed by atoms with Crippen molar-refractivity contribution in [3.8, 4) is 0 Å². The molecular weight excluding hydrogens is 240 g/mol. The van der Waals surface area contributed by atoms with Crippen molar-refractivity contribution < 1.29 is 9.63 Å². The average Bonchev–Trinajstić information content (AvgIpc) is 2.94. The van der Waals surface area contributed by atoms with Gasteiger partial charge in [-0.3, -0.25) is 4.90 Å². The van der Waals surface area contributed by atoms with Crippen LogP contribution in [0.1, 0.15) is 42.7 Å². The molecule has 1 N–H and O–H groups in total. The summed E-state index contributed by atoms with van der Waals surface area (Å²) in [5.74, 6) is 1.61. The Morgan fingerprint density at radius 1 is 1.42 bits per heavy atom. The van der Waals surface area contributed by atoms with Crippen LogP contribution in [0.3, 0.4) is 0 Å². The molecule has 2 fully saturated rings. The lowest BCUT2D eigenvalue weighted by Gasteiger charge is -2.36. The van der Waals surface area contributed by atoms with Gasteiger partial charge in [0.2, 0.25) is 0 Å². The number of aliphatic hydroxyl groups is 1. The summed E-state index contributed by atoms with van der Waals surface area (Å²) in [4.78, 5) is 2.48. The zero-order valence-corrected chi connectivity index (χ0v) is 12.0. The maximum absolute atomic E-state index is 9.85. The van der Waals surface area contributed by atoms with E-state index in [1.54, 1.807) is 0 Å². The monoisotopic (exact) mass is 264 g/mol. The van der Waals surface area contributed by atoms with E-state index in [2.05, 4.69) is 10.1 Å². The van der Waals surface area contributed by atoms with Crippen molar-refractivity contribution in [3.63, 3.8) is 0 Å². The van der Waals surface area contributed by atoms with E-state index in [9.17, 15) is 5.11 Å². The molecule has 0 spiro atoms. The lowest BCUT2D eigenvalue weighted by atomic mass is 9.69. The van der Waals surface area contributed by atoms with Gasteiger partial charge in [0.25, 0.3) is 0 Å². The van der Waals surface area contributed by atoms with E-state index in [0.717, 1.165) is 31.1 Å². The van der Waals surface area contributed by atoms with Crippen molar-refractivity contribution in [1.29, 1.82) is 0 Å². The molecule has 2 aliphatic rings. The minimum Gasteiger partial charge on any atom is -0.396 e. The standard InChI is InChI=1S/C15H24N2O2/c1-11-14(12(2)19-16-11)8-17-7-13-5-3-4-6-15(13,9-17)10-18/h13,18H,3-10H2,1-2H3. The number of nitrogens with zero attached hydrogens (tertiary/aromatic N) is 2. The predicted molar refractivity (Wildman–Crippen MR) is 72.7 cm³/mol. The number of aliphatic hydroxyl groups excluding tert-OH is 1. The van der Waals surface area contributed by atoms with Crippen LogP contribution in [-0.2, 0) is 6.54 Å². The fourth-order valence-corrected chi connectivity index (χ4v) is 4.02. The molecule has 106 valence electrons. The fraction of sp³-hybridized carbons (Fsp3) is 0.800. The molecule has 2 unspecified atom stereocenters. The summed E-state index contributed by atoms with van der Waals surface area (Å²) in [5.41, 5.74) is 2.40. The van der Waals surface area contributed by atoms with Gasteiger partial charge in [-0.15, -0.1) is 0 Å². The smallest absolute Gasteiger partial charge is 0.138 e. The Bertz CT molecular complexity index is 437. The molecule has 1 saturated carbocycles. The van der Waals surface area contributed by atoms with Crippen LogP contribution < -0.4 is 0 Å². The summed E-state index contributed by atoms with van der Waals surface area (Å²) in [6, 6.07) is 0. The minimum absolute atomic E-state index is 0.164. The Morgan fingerprint density at radius 3 is 2.89 bits per heavy atom. The van der Waals surface area contributed by atoms with Crippen molar-refractivity contribution in [3.05, 3.63) is 17.0 Å². The first kappa shape index (κ1) is 13.1. The molecule has 2 atom stereocenters. The second-order valence-corrected chi connectivity index (χ2v) is 6.44. The highest BCUT2D eigenvalue weighted by Crippen LogP contribution is 2.46. The third-order valence-corrected chi connectivity index (χ3v) is 5.24. The zero-order valence-electron chi connectivity index (χ0n) is 12.0. The van der Waals surface area contributed by atoms with E-state index in [1.807, 2.05) is 13.8 Å². The van der Waals surface area contributed by atoms with Crippen molar-refractivity contribution in [1.82, 2.24) is 10.1 Å². The van der Waals surface area contributed by atoms with Crippen molar-refractivity contribution in [2.45, 2.75) is 46.1 Å². The molecule has 1 saturated heterocycles. The van der Waals surface area contributed by atoms with Gasteiger partial charge in [0.15, 0.2) is 0 Å². The van der Waals surface area contributed by atoms with Gasteiger partial charge < -0.3 is 9.63 Å².